The predicted octanol–water partition coefficient (Wildman–Crippen LogP) is 3.42. The molecule has 0 saturated carbocycles. The fourth-order valence-corrected chi connectivity index (χ4v) is 5.98. The third-order valence-corrected chi connectivity index (χ3v) is 7.73. The standard InChI is InChI=1S/C24H27F2N5O/c25-18-11-17(12-19(26)13-18)21-5-8-30-15-24(22(32)31(21)30)6-9-29(10-7-24)23-27-14-16-3-1-2-4-20(16)28-23/h11-14,21H,1-10,15H2/t21-/m0/s1. The molecule has 168 valence electrons. The summed E-state index contributed by atoms with van der Waals surface area (Å²) in [6.07, 6.45) is 8.63. The molecular formula is C24H27F2N5O. The van der Waals surface area contributed by atoms with E-state index >= 15 is 0 Å². The van der Waals surface area contributed by atoms with E-state index in [4.69, 9.17) is 4.98 Å². The Morgan fingerprint density at radius 3 is 2.53 bits per heavy atom. The summed E-state index contributed by atoms with van der Waals surface area (Å²) in [7, 11) is 0. The largest absolute Gasteiger partial charge is 0.341 e. The highest BCUT2D eigenvalue weighted by Crippen LogP contribution is 2.47. The number of hydrogen-bond donors (Lipinski definition) is 0. The highest BCUT2D eigenvalue weighted by molar-refractivity contribution is 5.85. The molecule has 1 amide bonds. The molecule has 0 radical (unpaired) electrons. The number of fused-ring (bicyclic) bond motifs is 2. The highest BCUT2D eigenvalue weighted by atomic mass is 19.1. The van der Waals surface area contributed by atoms with Gasteiger partial charge in [0, 0.05) is 44.1 Å². The van der Waals surface area contributed by atoms with E-state index in [1.807, 2.05) is 6.20 Å². The molecule has 4 aliphatic rings. The average molecular weight is 440 g/mol. The van der Waals surface area contributed by atoms with Crippen LogP contribution in [0.4, 0.5) is 14.7 Å². The van der Waals surface area contributed by atoms with Crippen LogP contribution in [0.1, 0.15) is 55.0 Å². The second-order valence-corrected chi connectivity index (χ2v) is 9.66. The van der Waals surface area contributed by atoms with E-state index in [9.17, 15) is 13.6 Å². The Bertz CT molecular complexity index is 1050. The number of halogens is 2. The molecule has 3 saturated heterocycles. The second-order valence-electron chi connectivity index (χ2n) is 9.66. The number of rotatable bonds is 2. The van der Waals surface area contributed by atoms with Crippen LogP contribution in [0.25, 0.3) is 0 Å². The smallest absolute Gasteiger partial charge is 0.245 e. The van der Waals surface area contributed by atoms with Crippen molar-refractivity contribution in [1.29, 1.82) is 0 Å². The van der Waals surface area contributed by atoms with Gasteiger partial charge in [-0.1, -0.05) is 0 Å². The van der Waals surface area contributed by atoms with E-state index in [2.05, 4.69) is 14.9 Å². The molecule has 0 N–H and O–H groups in total. The van der Waals surface area contributed by atoms with Crippen molar-refractivity contribution in [3.05, 3.63) is 52.9 Å². The van der Waals surface area contributed by atoms with Crippen LogP contribution >= 0.6 is 0 Å². The number of hydrazine groups is 1. The van der Waals surface area contributed by atoms with E-state index < -0.39 is 17.0 Å². The van der Waals surface area contributed by atoms with Gasteiger partial charge in [-0.2, -0.15) is 0 Å². The van der Waals surface area contributed by atoms with Gasteiger partial charge in [0.2, 0.25) is 11.9 Å². The summed E-state index contributed by atoms with van der Waals surface area (Å²) in [5.41, 5.74) is 2.55. The maximum atomic E-state index is 13.8. The Morgan fingerprint density at radius 1 is 1.00 bits per heavy atom. The van der Waals surface area contributed by atoms with Gasteiger partial charge in [-0.05, 0) is 68.2 Å². The zero-order chi connectivity index (χ0) is 21.9. The van der Waals surface area contributed by atoms with Crippen LogP contribution in [-0.4, -0.2) is 52.1 Å². The van der Waals surface area contributed by atoms with Gasteiger partial charge in [0.1, 0.15) is 11.6 Å². The van der Waals surface area contributed by atoms with Crippen LogP contribution < -0.4 is 4.90 Å². The molecular weight excluding hydrogens is 412 g/mol. The molecule has 1 aliphatic carbocycles. The molecule has 6 nitrogen and oxygen atoms in total. The zero-order valence-corrected chi connectivity index (χ0v) is 18.1. The Kier molecular flexibility index (Phi) is 4.68. The molecule has 8 heteroatoms. The Labute approximate surface area is 186 Å². The number of amides is 1. The summed E-state index contributed by atoms with van der Waals surface area (Å²) in [5.74, 6) is -0.327. The molecule has 32 heavy (non-hydrogen) atoms. The van der Waals surface area contributed by atoms with Crippen LogP contribution in [-0.2, 0) is 17.6 Å². The lowest BCUT2D eigenvalue weighted by atomic mass is 9.78. The van der Waals surface area contributed by atoms with Gasteiger partial charge < -0.3 is 4.90 Å². The van der Waals surface area contributed by atoms with Crippen LogP contribution in [0.5, 0.6) is 0 Å². The average Bonchev–Trinajstić information content (AvgIpc) is 3.31. The number of benzene rings is 1. The third kappa shape index (κ3) is 3.18. The number of nitrogens with zero attached hydrogens (tertiary/aromatic N) is 5. The minimum atomic E-state index is -0.599. The Hall–Kier alpha value is -2.61. The fourth-order valence-electron chi connectivity index (χ4n) is 5.98. The molecule has 6 rings (SSSR count). The number of piperidine rings is 1. The summed E-state index contributed by atoms with van der Waals surface area (Å²) in [6.45, 7) is 2.89. The molecule has 3 aliphatic heterocycles. The molecule has 0 bridgehead atoms. The quantitative estimate of drug-likeness (QED) is 0.718. The lowest BCUT2D eigenvalue weighted by Gasteiger charge is -2.38. The first-order valence-electron chi connectivity index (χ1n) is 11.7. The minimum Gasteiger partial charge on any atom is -0.341 e. The second kappa shape index (κ2) is 7.47. The van der Waals surface area contributed by atoms with Gasteiger partial charge in [-0.15, -0.1) is 0 Å². The van der Waals surface area contributed by atoms with Gasteiger partial charge in [0.05, 0.1) is 11.5 Å². The number of hydrogen-bond acceptors (Lipinski definition) is 5. The molecule has 1 spiro atoms. The first-order chi connectivity index (χ1) is 15.5. The van der Waals surface area contributed by atoms with Crippen molar-refractivity contribution >= 4 is 11.9 Å². The first-order valence-corrected chi connectivity index (χ1v) is 11.7. The van der Waals surface area contributed by atoms with Crippen LogP contribution in [0.2, 0.25) is 0 Å². The summed E-state index contributed by atoms with van der Waals surface area (Å²) in [4.78, 5) is 25.2. The summed E-state index contributed by atoms with van der Waals surface area (Å²) in [6, 6.07) is 3.29. The maximum absolute atomic E-state index is 13.8. The lowest BCUT2D eigenvalue weighted by molar-refractivity contribution is -0.143. The lowest BCUT2D eigenvalue weighted by Crippen LogP contribution is -2.46. The number of aromatic nitrogens is 2. The molecule has 1 atom stereocenters. The first kappa shape index (κ1) is 20.0. The molecule has 3 fully saturated rings. The fraction of sp³-hybridized carbons (Fsp3) is 0.542. The van der Waals surface area contributed by atoms with E-state index in [0.717, 1.165) is 57.3 Å². The van der Waals surface area contributed by atoms with E-state index in [1.54, 1.807) is 5.01 Å². The SMILES string of the molecule is O=C1N2[C@H](c3cc(F)cc(F)c3)CCN2CC12CCN(c1ncc3c(n1)CCCC3)CC2. The summed E-state index contributed by atoms with van der Waals surface area (Å²) >= 11 is 0. The Morgan fingerprint density at radius 2 is 1.75 bits per heavy atom. The number of carbonyl (C=O) groups excluding carboxylic acids is 1. The van der Waals surface area contributed by atoms with Gasteiger partial charge in [-0.25, -0.2) is 23.8 Å². The van der Waals surface area contributed by atoms with Crippen molar-refractivity contribution in [3.8, 4) is 0 Å². The van der Waals surface area contributed by atoms with E-state index in [0.29, 0.717) is 18.5 Å². The highest BCUT2D eigenvalue weighted by Gasteiger charge is 2.56. The number of aryl methyl sites for hydroxylation is 2. The van der Waals surface area contributed by atoms with Gasteiger partial charge >= 0.3 is 0 Å². The van der Waals surface area contributed by atoms with E-state index in [-0.39, 0.29) is 11.9 Å². The topological polar surface area (TPSA) is 52.6 Å². The zero-order valence-electron chi connectivity index (χ0n) is 18.1. The number of anilines is 1. The number of carbonyl (C=O) groups is 1. The van der Waals surface area contributed by atoms with Gasteiger partial charge in [0.25, 0.3) is 0 Å². The summed E-state index contributed by atoms with van der Waals surface area (Å²) < 4.78 is 27.6. The molecule has 0 unspecified atom stereocenters. The third-order valence-electron chi connectivity index (χ3n) is 7.73. The van der Waals surface area contributed by atoms with Crippen LogP contribution in [0, 0.1) is 17.0 Å². The van der Waals surface area contributed by atoms with Crippen LogP contribution in [0.15, 0.2) is 24.4 Å². The van der Waals surface area contributed by atoms with Crippen molar-refractivity contribution in [1.82, 2.24) is 20.0 Å². The van der Waals surface area contributed by atoms with Crippen molar-refractivity contribution in [2.45, 2.75) is 51.0 Å². The summed E-state index contributed by atoms with van der Waals surface area (Å²) in [5, 5.41) is 3.86. The van der Waals surface area contributed by atoms with Crippen LogP contribution in [0.3, 0.4) is 0 Å². The van der Waals surface area contributed by atoms with Crippen molar-refractivity contribution in [2.24, 2.45) is 5.41 Å². The molecule has 1 aromatic carbocycles. The minimum absolute atomic E-state index is 0.0932. The molecule has 1 aromatic heterocycles. The predicted molar refractivity (Wildman–Crippen MR) is 115 cm³/mol. The Balaban J connectivity index is 1.19. The molecule has 4 heterocycles. The normalized spacial score (nSPS) is 24.8. The maximum Gasteiger partial charge on any atom is 0.245 e. The van der Waals surface area contributed by atoms with E-state index in [1.165, 1.54) is 36.2 Å². The van der Waals surface area contributed by atoms with Gasteiger partial charge in [-0.3, -0.25) is 9.80 Å². The van der Waals surface area contributed by atoms with Crippen molar-refractivity contribution in [3.63, 3.8) is 0 Å². The van der Waals surface area contributed by atoms with Crippen molar-refractivity contribution in [2.75, 3.05) is 31.1 Å². The monoisotopic (exact) mass is 439 g/mol. The van der Waals surface area contributed by atoms with Crippen molar-refractivity contribution < 1.29 is 13.6 Å². The molecule has 2 aromatic rings. The van der Waals surface area contributed by atoms with Gasteiger partial charge in [0.15, 0.2) is 0 Å².